The summed E-state index contributed by atoms with van der Waals surface area (Å²) in [5.41, 5.74) is 1.51. The molecule has 3 aromatic heterocycles. The van der Waals surface area contributed by atoms with E-state index in [9.17, 15) is 4.39 Å². The first kappa shape index (κ1) is 19.6. The molecule has 0 aliphatic rings. The fourth-order valence-electron chi connectivity index (χ4n) is 2.29. The molecule has 0 amide bonds. The number of nitrogens with zero attached hydrogens (tertiary/aromatic N) is 5. The maximum Gasteiger partial charge on any atom is 0.213 e. The Morgan fingerprint density at radius 2 is 1.70 bits per heavy atom. The summed E-state index contributed by atoms with van der Waals surface area (Å²) in [7, 11) is 2.13. The van der Waals surface area contributed by atoms with Gasteiger partial charge in [0.25, 0.3) is 0 Å². The van der Waals surface area contributed by atoms with E-state index in [0.717, 1.165) is 5.56 Å². The van der Waals surface area contributed by atoms with Crippen molar-refractivity contribution >= 4 is 14.9 Å². The van der Waals surface area contributed by atoms with Gasteiger partial charge in [-0.25, -0.2) is 9.37 Å². The lowest BCUT2D eigenvalue weighted by molar-refractivity contribution is -0.00291. The Labute approximate surface area is 160 Å². The van der Waals surface area contributed by atoms with Crippen molar-refractivity contribution in [3.8, 4) is 17.1 Å². The quantitative estimate of drug-likeness (QED) is 0.619. The third kappa shape index (κ3) is 3.93. The Balaban J connectivity index is 1.91. The lowest BCUT2D eigenvalue weighted by Crippen LogP contribution is -2.42. The monoisotopic (exact) mass is 389 g/mol. The SMILES string of the molecule is CC(F)(P)c1nnc2cnc(-c3ccc(OC(C)(C)C(C)(C)C)nc3)cn12. The van der Waals surface area contributed by atoms with Crippen LogP contribution in [0, 0.1) is 5.41 Å². The number of hydrogen-bond acceptors (Lipinski definition) is 5. The van der Waals surface area contributed by atoms with E-state index in [-0.39, 0.29) is 16.8 Å². The van der Waals surface area contributed by atoms with Crippen molar-refractivity contribution in [2.75, 3.05) is 0 Å². The molecule has 0 saturated heterocycles. The van der Waals surface area contributed by atoms with Gasteiger partial charge in [0.15, 0.2) is 16.9 Å². The van der Waals surface area contributed by atoms with E-state index in [1.165, 1.54) is 6.92 Å². The van der Waals surface area contributed by atoms with E-state index < -0.39 is 5.41 Å². The first-order valence-electron chi connectivity index (χ1n) is 8.73. The van der Waals surface area contributed by atoms with Crippen molar-refractivity contribution in [1.29, 1.82) is 0 Å². The molecule has 0 spiro atoms. The molecule has 0 radical (unpaired) electrons. The highest BCUT2D eigenvalue weighted by molar-refractivity contribution is 7.18. The van der Waals surface area contributed by atoms with Crippen molar-refractivity contribution in [3.05, 3.63) is 36.5 Å². The van der Waals surface area contributed by atoms with Gasteiger partial charge in [0, 0.05) is 29.4 Å². The maximum atomic E-state index is 14.3. The number of hydrogen-bond donors (Lipinski definition) is 0. The number of halogens is 1. The van der Waals surface area contributed by atoms with Crippen molar-refractivity contribution in [2.24, 2.45) is 5.41 Å². The molecule has 2 unspecified atom stereocenters. The highest BCUT2D eigenvalue weighted by Gasteiger charge is 2.35. The van der Waals surface area contributed by atoms with Gasteiger partial charge in [0.2, 0.25) is 5.88 Å². The normalized spacial score (nSPS) is 15.0. The van der Waals surface area contributed by atoms with E-state index in [4.69, 9.17) is 4.74 Å². The van der Waals surface area contributed by atoms with E-state index in [2.05, 4.69) is 50.2 Å². The minimum atomic E-state index is -1.69. The van der Waals surface area contributed by atoms with Crippen LogP contribution in [0.5, 0.6) is 5.88 Å². The van der Waals surface area contributed by atoms with Gasteiger partial charge >= 0.3 is 0 Å². The fraction of sp³-hybridized carbons (Fsp3) is 0.474. The molecule has 144 valence electrons. The molecule has 3 rings (SSSR count). The van der Waals surface area contributed by atoms with Crippen molar-refractivity contribution in [2.45, 2.75) is 52.6 Å². The predicted molar refractivity (Wildman–Crippen MR) is 106 cm³/mol. The summed E-state index contributed by atoms with van der Waals surface area (Å²) >= 11 is 0. The summed E-state index contributed by atoms with van der Waals surface area (Å²) in [5.74, 6) is 0.747. The van der Waals surface area contributed by atoms with Crippen molar-refractivity contribution < 1.29 is 9.13 Å². The molecule has 0 bridgehead atoms. The van der Waals surface area contributed by atoms with Crippen molar-refractivity contribution in [3.63, 3.8) is 0 Å². The van der Waals surface area contributed by atoms with Gasteiger partial charge in [-0.15, -0.1) is 10.2 Å². The van der Waals surface area contributed by atoms with Gasteiger partial charge in [-0.2, -0.15) is 0 Å². The molecule has 8 heteroatoms. The third-order valence-corrected chi connectivity index (χ3v) is 5.19. The third-order valence-electron chi connectivity index (χ3n) is 4.93. The minimum absolute atomic E-state index is 0.0397. The van der Waals surface area contributed by atoms with Crippen LogP contribution in [0.3, 0.4) is 0 Å². The van der Waals surface area contributed by atoms with E-state index in [1.54, 1.807) is 23.0 Å². The van der Waals surface area contributed by atoms with Crippen LogP contribution < -0.4 is 4.74 Å². The second-order valence-electron chi connectivity index (χ2n) is 8.35. The van der Waals surface area contributed by atoms with Crippen LogP contribution in [0.1, 0.15) is 47.4 Å². The minimum Gasteiger partial charge on any atom is -0.471 e. The first-order chi connectivity index (χ1) is 12.4. The number of pyridine rings is 1. The lowest BCUT2D eigenvalue weighted by atomic mass is 9.79. The summed E-state index contributed by atoms with van der Waals surface area (Å²) in [6.45, 7) is 11.9. The number of aromatic nitrogens is 5. The molecule has 0 saturated carbocycles. The summed E-state index contributed by atoms with van der Waals surface area (Å²) in [6, 6.07) is 3.70. The zero-order chi connectivity index (χ0) is 20.0. The van der Waals surface area contributed by atoms with Crippen LogP contribution in [0.4, 0.5) is 4.39 Å². The number of fused-ring (bicyclic) bond motifs is 1. The molecule has 0 aromatic carbocycles. The fourth-order valence-corrected chi connectivity index (χ4v) is 2.49. The zero-order valence-corrected chi connectivity index (χ0v) is 17.6. The lowest BCUT2D eigenvalue weighted by Gasteiger charge is -2.38. The van der Waals surface area contributed by atoms with Crippen LogP contribution in [0.25, 0.3) is 16.9 Å². The molecule has 3 aromatic rings. The van der Waals surface area contributed by atoms with Gasteiger partial charge in [0.05, 0.1) is 11.9 Å². The van der Waals surface area contributed by atoms with E-state index in [0.29, 0.717) is 17.2 Å². The Bertz CT molecular complexity index is 955. The average Bonchev–Trinajstić information content (AvgIpc) is 2.97. The van der Waals surface area contributed by atoms with E-state index in [1.807, 2.05) is 26.0 Å². The highest BCUT2D eigenvalue weighted by Crippen LogP contribution is 2.34. The van der Waals surface area contributed by atoms with Crippen LogP contribution >= 0.6 is 9.24 Å². The highest BCUT2D eigenvalue weighted by atomic mass is 31.0. The Hall–Kier alpha value is -2.14. The van der Waals surface area contributed by atoms with Crippen LogP contribution in [0.2, 0.25) is 0 Å². The Morgan fingerprint density at radius 3 is 2.26 bits per heavy atom. The summed E-state index contributed by atoms with van der Waals surface area (Å²) in [5, 5.41) is 6.19. The standard InChI is InChI=1S/C19H25FN5OP/c1-17(2,3)18(4,5)26-15-8-7-12(9-22-15)13-11-25-14(10-21-13)23-24-16(25)19(6,20)27/h7-11H,27H2,1-6H3. The largest absolute Gasteiger partial charge is 0.471 e. The van der Waals surface area contributed by atoms with Crippen LogP contribution in [-0.2, 0) is 5.41 Å². The molecular formula is C19H25FN5OP. The number of ether oxygens (including phenoxy) is 1. The number of alkyl halides is 1. The Morgan fingerprint density at radius 1 is 1.00 bits per heavy atom. The zero-order valence-electron chi connectivity index (χ0n) is 16.5. The number of rotatable bonds is 4. The molecule has 0 fully saturated rings. The smallest absolute Gasteiger partial charge is 0.213 e. The second-order valence-corrected chi connectivity index (χ2v) is 9.43. The Kier molecular flexibility index (Phi) is 4.71. The topological polar surface area (TPSA) is 65.2 Å². The van der Waals surface area contributed by atoms with Crippen molar-refractivity contribution in [1.82, 2.24) is 24.6 Å². The maximum absolute atomic E-state index is 14.3. The predicted octanol–water partition coefficient (Wildman–Crippen LogP) is 4.41. The van der Waals surface area contributed by atoms with Gasteiger partial charge in [0.1, 0.15) is 5.60 Å². The molecule has 0 aliphatic heterocycles. The molecule has 2 atom stereocenters. The van der Waals surface area contributed by atoms with Gasteiger partial charge in [-0.3, -0.25) is 9.38 Å². The first-order valence-corrected chi connectivity index (χ1v) is 9.31. The van der Waals surface area contributed by atoms with Gasteiger partial charge < -0.3 is 4.74 Å². The van der Waals surface area contributed by atoms with Gasteiger partial charge in [-0.1, -0.05) is 30.0 Å². The average molecular weight is 389 g/mol. The van der Waals surface area contributed by atoms with Crippen LogP contribution in [-0.4, -0.2) is 30.2 Å². The molecular weight excluding hydrogens is 364 g/mol. The molecule has 0 N–H and O–H groups in total. The summed E-state index contributed by atoms with van der Waals surface area (Å²) in [4.78, 5) is 8.79. The van der Waals surface area contributed by atoms with Gasteiger partial charge in [-0.05, 0) is 26.8 Å². The molecule has 27 heavy (non-hydrogen) atoms. The van der Waals surface area contributed by atoms with E-state index >= 15 is 0 Å². The second kappa shape index (κ2) is 6.48. The molecule has 3 heterocycles. The summed E-state index contributed by atoms with van der Waals surface area (Å²) in [6.07, 6.45) is 4.97. The molecule has 6 nitrogen and oxygen atoms in total. The summed E-state index contributed by atoms with van der Waals surface area (Å²) < 4.78 is 22.0. The van der Waals surface area contributed by atoms with Crippen LogP contribution in [0.15, 0.2) is 30.7 Å². The molecule has 0 aliphatic carbocycles.